The smallest absolute Gasteiger partial charge is 0.191 e. The highest BCUT2D eigenvalue weighted by Gasteiger charge is 2.16. The molecule has 3 rings (SSSR count). The van der Waals surface area contributed by atoms with Crippen LogP contribution < -0.4 is 15.5 Å². The van der Waals surface area contributed by atoms with Gasteiger partial charge in [-0.25, -0.2) is 9.97 Å². The molecule has 2 aromatic rings. The van der Waals surface area contributed by atoms with Crippen molar-refractivity contribution in [1.29, 1.82) is 0 Å². The number of anilines is 1. The first-order chi connectivity index (χ1) is 13.2. The topological polar surface area (TPSA) is 65.4 Å². The Bertz CT molecular complexity index is 731. The second-order valence-electron chi connectivity index (χ2n) is 7.05. The fourth-order valence-electron chi connectivity index (χ4n) is 3.10. The summed E-state index contributed by atoms with van der Waals surface area (Å²) in [6, 6.07) is 4.28. The minimum Gasteiger partial charge on any atom is -0.357 e. The van der Waals surface area contributed by atoms with Crippen molar-refractivity contribution < 1.29 is 0 Å². The van der Waals surface area contributed by atoms with Crippen molar-refractivity contribution in [1.82, 2.24) is 20.6 Å². The molecule has 1 aliphatic heterocycles. The number of aromatic nitrogens is 2. The predicted molar refractivity (Wildman–Crippen MR) is 113 cm³/mol. The number of rotatable bonds is 6. The lowest BCUT2D eigenvalue weighted by Crippen LogP contribution is -2.36. The van der Waals surface area contributed by atoms with Crippen molar-refractivity contribution >= 4 is 23.1 Å². The van der Waals surface area contributed by atoms with E-state index in [1.165, 1.54) is 17.7 Å². The Hall–Kier alpha value is -2.15. The maximum absolute atomic E-state index is 4.65. The molecule has 27 heavy (non-hydrogen) atoms. The number of piperidine rings is 1. The highest BCUT2D eigenvalue weighted by molar-refractivity contribution is 7.11. The van der Waals surface area contributed by atoms with Crippen molar-refractivity contribution in [3.63, 3.8) is 0 Å². The van der Waals surface area contributed by atoms with E-state index in [1.54, 1.807) is 18.4 Å². The van der Waals surface area contributed by atoms with Crippen molar-refractivity contribution in [3.8, 4) is 0 Å². The van der Waals surface area contributed by atoms with Crippen LogP contribution in [0.3, 0.4) is 0 Å². The van der Waals surface area contributed by atoms with Gasteiger partial charge in [-0.2, -0.15) is 0 Å². The molecule has 2 N–H and O–H groups in total. The van der Waals surface area contributed by atoms with Crippen LogP contribution in [0.2, 0.25) is 0 Å². The zero-order valence-corrected chi connectivity index (χ0v) is 17.4. The first-order valence-electron chi connectivity index (χ1n) is 9.76. The summed E-state index contributed by atoms with van der Waals surface area (Å²) < 4.78 is 0. The van der Waals surface area contributed by atoms with Gasteiger partial charge in [-0.1, -0.05) is 19.9 Å². The molecule has 1 saturated heterocycles. The number of aliphatic imine (C=N–C) groups is 1. The summed E-state index contributed by atoms with van der Waals surface area (Å²) in [6.45, 7) is 8.09. The molecule has 1 aliphatic rings. The van der Waals surface area contributed by atoms with E-state index in [0.717, 1.165) is 47.8 Å². The second-order valence-corrected chi connectivity index (χ2v) is 8.25. The highest BCUT2D eigenvalue weighted by Crippen LogP contribution is 2.21. The van der Waals surface area contributed by atoms with E-state index in [2.05, 4.69) is 56.5 Å². The zero-order chi connectivity index (χ0) is 19.1. The molecule has 0 saturated carbocycles. The van der Waals surface area contributed by atoms with Crippen molar-refractivity contribution in [2.45, 2.75) is 46.2 Å². The van der Waals surface area contributed by atoms with Gasteiger partial charge in [0.05, 0.1) is 6.54 Å². The molecular formula is C20H30N6S. The summed E-state index contributed by atoms with van der Waals surface area (Å²) in [5.74, 6) is 2.70. The van der Waals surface area contributed by atoms with Gasteiger partial charge in [-0.3, -0.25) is 4.99 Å². The van der Waals surface area contributed by atoms with Crippen LogP contribution in [0.4, 0.5) is 5.82 Å². The number of nitrogens with zero attached hydrogens (tertiary/aromatic N) is 4. The lowest BCUT2D eigenvalue weighted by molar-refractivity contribution is 0.436. The summed E-state index contributed by atoms with van der Waals surface area (Å²) in [5.41, 5.74) is 1.15. The molecule has 2 aromatic heterocycles. The zero-order valence-electron chi connectivity index (χ0n) is 16.5. The molecule has 0 unspecified atom stereocenters. The maximum atomic E-state index is 4.65. The fourth-order valence-corrected chi connectivity index (χ4v) is 3.91. The molecule has 0 radical (unpaired) electrons. The largest absolute Gasteiger partial charge is 0.357 e. The summed E-state index contributed by atoms with van der Waals surface area (Å²) in [4.78, 5) is 17.1. The van der Waals surface area contributed by atoms with Crippen LogP contribution in [0.1, 0.15) is 42.1 Å². The summed E-state index contributed by atoms with van der Waals surface area (Å²) in [7, 11) is 1.79. The Kier molecular flexibility index (Phi) is 7.04. The van der Waals surface area contributed by atoms with Crippen LogP contribution in [0, 0.1) is 5.92 Å². The predicted octanol–water partition coefficient (Wildman–Crippen LogP) is 3.20. The first kappa shape index (κ1) is 19.6. The summed E-state index contributed by atoms with van der Waals surface area (Å²) >= 11 is 1.74. The van der Waals surface area contributed by atoms with E-state index >= 15 is 0 Å². The standard InChI is InChI=1S/C20H30N6S/c1-4-17-13-23-19(27-17)14-25-20(21-3)24-12-16-5-6-18(22-11-16)26-9-7-15(2)8-10-26/h5-6,11,13,15H,4,7-10,12,14H2,1-3H3,(H2,21,24,25). The maximum Gasteiger partial charge on any atom is 0.191 e. The van der Waals surface area contributed by atoms with Crippen LogP contribution in [0.25, 0.3) is 0 Å². The Morgan fingerprint density at radius 2 is 1.96 bits per heavy atom. The molecule has 0 atom stereocenters. The first-order valence-corrected chi connectivity index (χ1v) is 10.6. The fraction of sp³-hybridized carbons (Fsp3) is 0.550. The number of guanidine groups is 1. The van der Waals surface area contributed by atoms with E-state index in [4.69, 9.17) is 0 Å². The van der Waals surface area contributed by atoms with Gasteiger partial charge in [0, 0.05) is 44.0 Å². The van der Waals surface area contributed by atoms with Gasteiger partial charge in [0.1, 0.15) is 10.8 Å². The quantitative estimate of drug-likeness (QED) is 0.590. The van der Waals surface area contributed by atoms with Crippen molar-refractivity contribution in [3.05, 3.63) is 40.0 Å². The van der Waals surface area contributed by atoms with Crippen LogP contribution in [-0.4, -0.2) is 36.1 Å². The molecule has 0 aromatic carbocycles. The minimum absolute atomic E-state index is 0.689. The summed E-state index contributed by atoms with van der Waals surface area (Å²) in [6.07, 6.45) is 7.46. The SMILES string of the molecule is CCc1cnc(CNC(=NC)NCc2ccc(N3CCC(C)CC3)nc2)s1. The average Bonchev–Trinajstić information content (AvgIpc) is 3.17. The lowest BCUT2D eigenvalue weighted by Gasteiger charge is -2.31. The van der Waals surface area contributed by atoms with E-state index in [0.29, 0.717) is 13.1 Å². The van der Waals surface area contributed by atoms with E-state index in [9.17, 15) is 0 Å². The number of nitrogens with one attached hydrogen (secondary N) is 2. The van der Waals surface area contributed by atoms with Crippen molar-refractivity contribution in [2.75, 3.05) is 25.0 Å². The molecule has 0 amide bonds. The van der Waals surface area contributed by atoms with E-state index < -0.39 is 0 Å². The third-order valence-electron chi connectivity index (χ3n) is 4.96. The number of thiazole rings is 1. The molecule has 146 valence electrons. The molecule has 0 aliphatic carbocycles. The highest BCUT2D eigenvalue weighted by atomic mass is 32.1. The van der Waals surface area contributed by atoms with E-state index in [-0.39, 0.29) is 0 Å². The Labute approximate surface area is 166 Å². The van der Waals surface area contributed by atoms with Gasteiger partial charge in [0.2, 0.25) is 0 Å². The second kappa shape index (κ2) is 9.69. The molecule has 1 fully saturated rings. The lowest BCUT2D eigenvalue weighted by atomic mass is 9.99. The van der Waals surface area contributed by atoms with Gasteiger partial charge in [-0.05, 0) is 36.8 Å². The Morgan fingerprint density at radius 3 is 2.59 bits per heavy atom. The van der Waals surface area contributed by atoms with Gasteiger partial charge in [-0.15, -0.1) is 11.3 Å². The van der Waals surface area contributed by atoms with Crippen LogP contribution in [0.5, 0.6) is 0 Å². The number of pyridine rings is 1. The third kappa shape index (κ3) is 5.66. The normalized spacial score (nSPS) is 15.8. The molecule has 6 nitrogen and oxygen atoms in total. The molecule has 0 spiro atoms. The molecule has 0 bridgehead atoms. The van der Waals surface area contributed by atoms with Gasteiger partial charge in [0.25, 0.3) is 0 Å². The van der Waals surface area contributed by atoms with Crippen LogP contribution >= 0.6 is 11.3 Å². The van der Waals surface area contributed by atoms with Crippen molar-refractivity contribution in [2.24, 2.45) is 10.9 Å². The van der Waals surface area contributed by atoms with E-state index in [1.807, 2.05) is 12.4 Å². The average molecular weight is 387 g/mol. The molecule has 3 heterocycles. The van der Waals surface area contributed by atoms with Crippen LogP contribution in [-0.2, 0) is 19.5 Å². The summed E-state index contributed by atoms with van der Waals surface area (Å²) in [5, 5.41) is 7.74. The van der Waals surface area contributed by atoms with Crippen LogP contribution in [0.15, 0.2) is 29.5 Å². The Morgan fingerprint density at radius 1 is 1.19 bits per heavy atom. The monoisotopic (exact) mass is 386 g/mol. The molecular weight excluding hydrogens is 356 g/mol. The number of hydrogen-bond acceptors (Lipinski definition) is 5. The Balaban J connectivity index is 1.46. The van der Waals surface area contributed by atoms with Gasteiger partial charge >= 0.3 is 0 Å². The number of aryl methyl sites for hydroxylation is 1. The van der Waals surface area contributed by atoms with Gasteiger partial charge < -0.3 is 15.5 Å². The number of hydrogen-bond donors (Lipinski definition) is 2. The molecule has 7 heteroatoms. The third-order valence-corrected chi connectivity index (χ3v) is 6.10. The minimum atomic E-state index is 0.689. The van der Waals surface area contributed by atoms with Gasteiger partial charge in [0.15, 0.2) is 5.96 Å².